The quantitative estimate of drug-likeness (QED) is 0.144. The van der Waals surface area contributed by atoms with E-state index in [1.54, 1.807) is 0 Å². The molecule has 5 nitrogen and oxygen atoms in total. The second kappa shape index (κ2) is 13.1. The summed E-state index contributed by atoms with van der Waals surface area (Å²) in [6.07, 6.45) is 4.08. The van der Waals surface area contributed by atoms with Crippen molar-refractivity contribution < 1.29 is 25.8 Å². The van der Waals surface area contributed by atoms with E-state index in [0.717, 1.165) is 68.8 Å². The van der Waals surface area contributed by atoms with Crippen molar-refractivity contribution in [2.24, 2.45) is 5.92 Å². The smallest absolute Gasteiger partial charge is 0.509 e. The summed E-state index contributed by atoms with van der Waals surface area (Å²) in [5.74, 6) is 2.75. The summed E-state index contributed by atoms with van der Waals surface area (Å²) in [5.41, 5.74) is 9.69. The van der Waals surface area contributed by atoms with E-state index in [4.69, 9.17) is 14.8 Å². The summed E-state index contributed by atoms with van der Waals surface area (Å²) in [4.78, 5) is 4.75. The zero-order valence-corrected chi connectivity index (χ0v) is 29.0. The monoisotopic (exact) mass is 783 g/mol. The normalized spacial score (nSPS) is 11.3. The molecular weight excluding hydrogens is 748 g/mol. The third kappa shape index (κ3) is 6.04. The Balaban J connectivity index is 0.00000372. The Kier molecular flexibility index (Phi) is 8.97. The van der Waals surface area contributed by atoms with Gasteiger partial charge in [0, 0.05) is 34.5 Å². The third-order valence-electron chi connectivity index (χ3n) is 8.41. The summed E-state index contributed by atoms with van der Waals surface area (Å²) < 4.78 is 10.6. The van der Waals surface area contributed by atoms with E-state index in [1.165, 1.54) is 10.9 Å². The topological polar surface area (TPSA) is 44.9 Å². The Labute approximate surface area is 285 Å². The van der Waals surface area contributed by atoms with Gasteiger partial charge >= 0.3 is 21.1 Å². The first-order chi connectivity index (χ1) is 21.9. The first-order valence-corrected chi connectivity index (χ1v) is 15.6. The van der Waals surface area contributed by atoms with E-state index in [9.17, 15) is 0 Å². The van der Waals surface area contributed by atoms with Crippen molar-refractivity contribution in [2.75, 3.05) is 0 Å². The molecule has 0 amide bonds. The van der Waals surface area contributed by atoms with Crippen molar-refractivity contribution in [3.05, 3.63) is 132 Å². The number of pyridine rings is 1. The fourth-order valence-corrected chi connectivity index (χ4v) is 6.16. The maximum Gasteiger partial charge on any atom is 2.00 e. The van der Waals surface area contributed by atoms with Crippen LogP contribution in [0.2, 0.25) is 0 Å². The molecule has 3 aromatic heterocycles. The van der Waals surface area contributed by atoms with Crippen LogP contribution in [0.3, 0.4) is 0 Å². The van der Waals surface area contributed by atoms with Gasteiger partial charge in [0.2, 0.25) is 0 Å². The number of hydrogen-bond acceptors (Lipinski definition) is 3. The number of hydrogen-bond donors (Lipinski definition) is 0. The summed E-state index contributed by atoms with van der Waals surface area (Å²) in [6, 6.07) is 38.4. The van der Waals surface area contributed by atoms with Crippen molar-refractivity contribution in [2.45, 2.75) is 47.5 Å². The minimum absolute atomic E-state index is 0. The Bertz CT molecular complexity index is 2160. The van der Waals surface area contributed by atoms with Gasteiger partial charge < -0.3 is 9.30 Å². The predicted molar refractivity (Wildman–Crippen MR) is 183 cm³/mol. The number of fused-ring (bicyclic) bond motifs is 3. The number of nitrogens with zero attached hydrogens (tertiary/aromatic N) is 4. The van der Waals surface area contributed by atoms with Crippen LogP contribution in [-0.4, -0.2) is 19.3 Å². The van der Waals surface area contributed by atoms with Gasteiger partial charge in [-0.3, -0.25) is 4.68 Å². The van der Waals surface area contributed by atoms with Gasteiger partial charge in [-0.2, -0.15) is 17.2 Å². The molecule has 232 valence electrons. The Hall–Kier alpha value is -4.47. The molecule has 0 bridgehead atoms. The Morgan fingerprint density at radius 2 is 1.61 bits per heavy atom. The molecule has 0 N–H and O–H groups in total. The molecule has 7 rings (SSSR count). The molecule has 0 radical (unpaired) electrons. The van der Waals surface area contributed by atoms with Crippen LogP contribution in [-0.2, 0) is 27.5 Å². The van der Waals surface area contributed by atoms with Gasteiger partial charge in [-0.1, -0.05) is 61.8 Å². The van der Waals surface area contributed by atoms with Crippen molar-refractivity contribution in [3.63, 3.8) is 0 Å². The average Bonchev–Trinajstić information content (AvgIpc) is 3.52. The maximum absolute atomic E-state index is 6.42. The van der Waals surface area contributed by atoms with Gasteiger partial charge in [0.25, 0.3) is 0 Å². The molecule has 3 heterocycles. The standard InChI is InChI=1S/C40H36N4O.Pt/c1-26(2)14-15-30-16-19-37-36(23-30)35-18-17-34(25-38(35)43(37)39-22-27(3)20-21-41-39)45-33-13-9-12-32(24-33)44-29(5)40(28(4)42-44)31-10-7-6-8-11-31;/h6-13,16-23,26H,14-15H2,1-5H3;/q-2;+2. The molecule has 0 saturated heterocycles. The molecule has 0 aliphatic carbocycles. The Morgan fingerprint density at radius 3 is 2.39 bits per heavy atom. The zero-order chi connectivity index (χ0) is 31.1. The van der Waals surface area contributed by atoms with Gasteiger partial charge in [0.15, 0.2) is 0 Å². The van der Waals surface area contributed by atoms with E-state index < -0.39 is 0 Å². The van der Waals surface area contributed by atoms with E-state index in [-0.39, 0.29) is 21.1 Å². The molecule has 0 atom stereocenters. The molecule has 0 aliphatic rings. The second-order valence-electron chi connectivity index (χ2n) is 12.2. The number of aromatic nitrogens is 4. The van der Waals surface area contributed by atoms with Crippen LogP contribution in [0.5, 0.6) is 11.5 Å². The van der Waals surface area contributed by atoms with Gasteiger partial charge in [-0.15, -0.1) is 35.7 Å². The number of aryl methyl sites for hydroxylation is 3. The van der Waals surface area contributed by atoms with Gasteiger partial charge in [-0.05, 0) is 85.5 Å². The molecule has 6 heteroatoms. The van der Waals surface area contributed by atoms with Crippen LogP contribution >= 0.6 is 0 Å². The molecule has 0 unspecified atom stereocenters. The maximum atomic E-state index is 6.42. The number of benzene rings is 4. The van der Waals surface area contributed by atoms with Gasteiger partial charge in [0.1, 0.15) is 5.82 Å². The molecule has 0 aliphatic heterocycles. The van der Waals surface area contributed by atoms with Crippen LogP contribution in [0.15, 0.2) is 97.2 Å². The predicted octanol–water partition coefficient (Wildman–Crippen LogP) is 9.94. The second-order valence-corrected chi connectivity index (χ2v) is 12.2. The summed E-state index contributed by atoms with van der Waals surface area (Å²) in [7, 11) is 0. The fourth-order valence-electron chi connectivity index (χ4n) is 6.16. The Morgan fingerprint density at radius 1 is 0.804 bits per heavy atom. The van der Waals surface area contributed by atoms with Crippen LogP contribution in [0, 0.1) is 38.8 Å². The fraction of sp³-hybridized carbons (Fsp3) is 0.200. The van der Waals surface area contributed by atoms with Crippen molar-refractivity contribution >= 4 is 21.8 Å². The first kappa shape index (κ1) is 31.5. The van der Waals surface area contributed by atoms with Gasteiger partial charge in [-0.25, -0.2) is 4.98 Å². The van der Waals surface area contributed by atoms with E-state index in [0.29, 0.717) is 17.4 Å². The van der Waals surface area contributed by atoms with Crippen molar-refractivity contribution in [3.8, 4) is 34.1 Å². The largest absolute Gasteiger partial charge is 2.00 e. The number of rotatable bonds is 8. The van der Waals surface area contributed by atoms with Crippen molar-refractivity contribution in [1.29, 1.82) is 0 Å². The first-order valence-electron chi connectivity index (χ1n) is 15.6. The molecule has 4 aromatic carbocycles. The van der Waals surface area contributed by atoms with E-state index >= 15 is 0 Å². The van der Waals surface area contributed by atoms with E-state index in [2.05, 4.69) is 99.0 Å². The average molecular weight is 784 g/mol. The number of ether oxygens (including phenoxy) is 1. The molecule has 0 spiro atoms. The molecule has 0 fully saturated rings. The SMILES string of the molecule is Cc1ccnc(-n2c3[c-]c(Oc4[c-]c(-n5nc(C)c(-c6ccccc6)c5C)ccc4)ccc3c3cc(CCC(C)C)ccc32)c1.[Pt+2]. The van der Waals surface area contributed by atoms with Crippen LogP contribution < -0.4 is 4.74 Å². The van der Waals surface area contributed by atoms with E-state index in [1.807, 2.05) is 54.2 Å². The molecule has 46 heavy (non-hydrogen) atoms. The summed E-state index contributed by atoms with van der Waals surface area (Å²) in [5, 5.41) is 7.19. The minimum atomic E-state index is 0. The molecular formula is C40H36N4OPt. The molecule has 0 saturated carbocycles. The minimum Gasteiger partial charge on any atom is -0.509 e. The van der Waals surface area contributed by atoms with Crippen molar-refractivity contribution in [1.82, 2.24) is 19.3 Å². The third-order valence-corrected chi connectivity index (χ3v) is 8.41. The zero-order valence-electron chi connectivity index (χ0n) is 26.7. The molecule has 7 aromatic rings. The van der Waals surface area contributed by atoms with Crippen LogP contribution in [0.1, 0.15) is 42.8 Å². The summed E-state index contributed by atoms with van der Waals surface area (Å²) >= 11 is 0. The van der Waals surface area contributed by atoms with Crippen LogP contribution in [0.4, 0.5) is 0 Å². The summed E-state index contributed by atoms with van der Waals surface area (Å²) in [6.45, 7) is 10.8. The van der Waals surface area contributed by atoms with Gasteiger partial charge in [0.05, 0.1) is 5.69 Å². The van der Waals surface area contributed by atoms with Crippen LogP contribution in [0.25, 0.3) is 44.4 Å².